The number of thiophene rings is 1. The molecule has 0 saturated heterocycles. The van der Waals surface area contributed by atoms with Gasteiger partial charge in [-0.2, -0.15) is 5.10 Å². The zero-order chi connectivity index (χ0) is 12.3. The number of aromatic amines is 1. The molecule has 0 saturated carbocycles. The fraction of sp³-hybridized carbons (Fsp3) is 0.111. The number of nitrogens with zero attached hydrogens (tertiary/aromatic N) is 3. The molecule has 0 aliphatic rings. The third kappa shape index (κ3) is 3.21. The molecule has 8 heteroatoms. The van der Waals surface area contributed by atoms with Gasteiger partial charge in [0.2, 0.25) is 5.95 Å². The van der Waals surface area contributed by atoms with Gasteiger partial charge in [0, 0.05) is 14.7 Å². The Morgan fingerprint density at radius 3 is 3.06 bits per heavy atom. The maximum atomic E-state index is 11.2. The lowest BCUT2D eigenvalue weighted by Gasteiger charge is -1.96. The number of halogens is 1. The summed E-state index contributed by atoms with van der Waals surface area (Å²) in [6, 6.07) is 1.93. The van der Waals surface area contributed by atoms with Gasteiger partial charge >= 0.3 is 0 Å². The average Bonchev–Trinajstić information content (AvgIpc) is 2.70. The summed E-state index contributed by atoms with van der Waals surface area (Å²) in [7, 11) is 0. The molecule has 6 nitrogen and oxygen atoms in total. The fourth-order valence-electron chi connectivity index (χ4n) is 0.997. The Morgan fingerprint density at radius 2 is 2.41 bits per heavy atom. The Hall–Kier alpha value is -1.54. The van der Waals surface area contributed by atoms with Crippen LogP contribution in [0, 0.1) is 6.92 Å². The lowest BCUT2D eigenvalue weighted by molar-refractivity contribution is 0.897. The molecule has 0 radical (unpaired) electrons. The smallest absolute Gasteiger partial charge is 0.274 e. The number of hydrazone groups is 1. The van der Waals surface area contributed by atoms with Crippen molar-refractivity contribution >= 4 is 39.4 Å². The van der Waals surface area contributed by atoms with Crippen LogP contribution < -0.4 is 11.0 Å². The number of anilines is 1. The van der Waals surface area contributed by atoms with E-state index in [1.807, 2.05) is 11.4 Å². The van der Waals surface area contributed by atoms with Crippen LogP contribution in [0.3, 0.4) is 0 Å². The van der Waals surface area contributed by atoms with Crippen LogP contribution in [0.2, 0.25) is 0 Å². The predicted molar refractivity (Wildman–Crippen MR) is 70.6 cm³/mol. The Morgan fingerprint density at radius 1 is 1.59 bits per heavy atom. The van der Waals surface area contributed by atoms with E-state index in [1.54, 1.807) is 24.5 Å². The molecule has 2 heterocycles. The third-order valence-corrected chi connectivity index (χ3v) is 3.44. The number of H-pyrrole nitrogens is 1. The standard InChI is InChI=1S/C9H8BrN5OS/c1-5-8(16)12-9(15-13-5)14-11-3-7-2-6(10)4-17-7/h2-4H,1H3,(H2,12,14,15,16)/b11-3-. The molecule has 0 aliphatic heterocycles. The lowest BCUT2D eigenvalue weighted by Crippen LogP contribution is -2.15. The number of nitrogens with one attached hydrogen (secondary N) is 2. The van der Waals surface area contributed by atoms with Crippen LogP contribution in [0.1, 0.15) is 10.6 Å². The normalized spacial score (nSPS) is 10.9. The van der Waals surface area contributed by atoms with E-state index in [2.05, 4.69) is 41.6 Å². The van der Waals surface area contributed by atoms with E-state index in [9.17, 15) is 4.79 Å². The summed E-state index contributed by atoms with van der Waals surface area (Å²) in [5, 5.41) is 13.3. The molecule has 0 bridgehead atoms. The highest BCUT2D eigenvalue weighted by Crippen LogP contribution is 2.17. The number of hydrogen-bond acceptors (Lipinski definition) is 6. The molecule has 0 aromatic carbocycles. The van der Waals surface area contributed by atoms with Crippen molar-refractivity contribution in [1.29, 1.82) is 0 Å². The molecular formula is C9H8BrN5OS. The van der Waals surface area contributed by atoms with E-state index >= 15 is 0 Å². The predicted octanol–water partition coefficient (Wildman–Crippen LogP) is 1.74. The van der Waals surface area contributed by atoms with Gasteiger partial charge in [-0.05, 0) is 28.9 Å². The van der Waals surface area contributed by atoms with Crippen molar-refractivity contribution in [3.63, 3.8) is 0 Å². The van der Waals surface area contributed by atoms with Gasteiger partial charge < -0.3 is 0 Å². The number of aromatic nitrogens is 3. The molecule has 2 aromatic heterocycles. The number of rotatable bonds is 3. The molecule has 0 spiro atoms. The lowest BCUT2D eigenvalue weighted by atomic mass is 10.5. The van der Waals surface area contributed by atoms with E-state index in [4.69, 9.17) is 0 Å². The highest BCUT2D eigenvalue weighted by molar-refractivity contribution is 9.10. The Balaban J connectivity index is 2.04. The van der Waals surface area contributed by atoms with Gasteiger partial charge in [0.05, 0.1) is 6.21 Å². The molecule has 0 aliphatic carbocycles. The minimum atomic E-state index is -0.281. The Labute approximate surface area is 109 Å². The quantitative estimate of drug-likeness (QED) is 0.668. The van der Waals surface area contributed by atoms with Crippen molar-refractivity contribution in [2.24, 2.45) is 5.10 Å². The van der Waals surface area contributed by atoms with E-state index in [0.717, 1.165) is 9.35 Å². The SMILES string of the molecule is Cc1nnc(N/N=C\c2cc(Br)cs2)[nH]c1=O. The van der Waals surface area contributed by atoms with Crippen molar-refractivity contribution in [1.82, 2.24) is 15.2 Å². The van der Waals surface area contributed by atoms with Gasteiger partial charge in [0.15, 0.2) is 0 Å². The highest BCUT2D eigenvalue weighted by Gasteiger charge is 1.98. The molecule has 0 atom stereocenters. The van der Waals surface area contributed by atoms with Gasteiger partial charge in [-0.25, -0.2) is 5.43 Å². The zero-order valence-electron chi connectivity index (χ0n) is 8.77. The molecule has 2 rings (SSSR count). The zero-order valence-corrected chi connectivity index (χ0v) is 11.2. The van der Waals surface area contributed by atoms with Crippen LogP contribution in [0.5, 0.6) is 0 Å². The highest BCUT2D eigenvalue weighted by atomic mass is 79.9. The van der Waals surface area contributed by atoms with Gasteiger partial charge in [-0.1, -0.05) is 0 Å². The number of aryl methyl sites for hydroxylation is 1. The van der Waals surface area contributed by atoms with E-state index in [1.165, 1.54) is 0 Å². The second kappa shape index (κ2) is 5.19. The molecule has 0 unspecified atom stereocenters. The van der Waals surface area contributed by atoms with E-state index in [0.29, 0.717) is 5.69 Å². The summed E-state index contributed by atoms with van der Waals surface area (Å²) in [6.45, 7) is 1.59. The van der Waals surface area contributed by atoms with Gasteiger partial charge in [0.1, 0.15) is 5.69 Å². The number of hydrogen-bond donors (Lipinski definition) is 2. The first-order chi connectivity index (χ1) is 8.15. The molecule has 2 N–H and O–H groups in total. The average molecular weight is 314 g/mol. The first-order valence-electron chi connectivity index (χ1n) is 4.62. The summed E-state index contributed by atoms with van der Waals surface area (Å²) in [5.74, 6) is 0.215. The van der Waals surface area contributed by atoms with Crippen LogP contribution in [0.25, 0.3) is 0 Å². The van der Waals surface area contributed by atoms with Crippen LogP contribution in [-0.2, 0) is 0 Å². The van der Waals surface area contributed by atoms with Gasteiger partial charge in [-0.15, -0.1) is 21.5 Å². The second-order valence-electron chi connectivity index (χ2n) is 3.13. The summed E-state index contributed by atoms with van der Waals surface area (Å²) in [4.78, 5) is 14.7. The van der Waals surface area contributed by atoms with Crippen LogP contribution >= 0.6 is 27.3 Å². The summed E-state index contributed by atoms with van der Waals surface area (Å²) < 4.78 is 1.01. The summed E-state index contributed by atoms with van der Waals surface area (Å²) in [5.41, 5.74) is 2.64. The Kier molecular flexibility index (Phi) is 3.64. The van der Waals surface area contributed by atoms with E-state index in [-0.39, 0.29) is 11.5 Å². The maximum absolute atomic E-state index is 11.2. The first-order valence-corrected chi connectivity index (χ1v) is 6.29. The van der Waals surface area contributed by atoms with Crippen LogP contribution in [-0.4, -0.2) is 21.4 Å². The van der Waals surface area contributed by atoms with E-state index < -0.39 is 0 Å². The Bertz CT molecular complexity index is 605. The monoisotopic (exact) mass is 313 g/mol. The minimum absolute atomic E-state index is 0.215. The van der Waals surface area contributed by atoms with Crippen LogP contribution in [0.15, 0.2) is 25.8 Å². The van der Waals surface area contributed by atoms with Crippen molar-refractivity contribution in [2.75, 3.05) is 5.43 Å². The minimum Gasteiger partial charge on any atom is -0.288 e. The summed E-state index contributed by atoms with van der Waals surface area (Å²) >= 11 is 4.89. The third-order valence-electron chi connectivity index (χ3n) is 1.81. The molecule has 17 heavy (non-hydrogen) atoms. The second-order valence-corrected chi connectivity index (χ2v) is 4.98. The van der Waals surface area contributed by atoms with Crippen LogP contribution in [0.4, 0.5) is 5.95 Å². The first kappa shape index (κ1) is 11.9. The van der Waals surface area contributed by atoms with Crippen molar-refractivity contribution in [3.8, 4) is 0 Å². The molecule has 0 amide bonds. The van der Waals surface area contributed by atoms with Crippen molar-refractivity contribution < 1.29 is 0 Å². The fourth-order valence-corrected chi connectivity index (χ4v) is 2.30. The molecular weight excluding hydrogens is 306 g/mol. The van der Waals surface area contributed by atoms with Crippen molar-refractivity contribution in [2.45, 2.75) is 6.92 Å². The molecule has 0 fully saturated rings. The topological polar surface area (TPSA) is 83.0 Å². The van der Waals surface area contributed by atoms with Gasteiger partial charge in [-0.3, -0.25) is 9.78 Å². The molecule has 2 aromatic rings. The van der Waals surface area contributed by atoms with Crippen molar-refractivity contribution in [3.05, 3.63) is 36.8 Å². The maximum Gasteiger partial charge on any atom is 0.274 e. The largest absolute Gasteiger partial charge is 0.288 e. The molecule has 88 valence electrons. The summed E-state index contributed by atoms with van der Waals surface area (Å²) in [6.07, 6.45) is 1.63. The van der Waals surface area contributed by atoms with Gasteiger partial charge in [0.25, 0.3) is 5.56 Å².